The molecule has 2 N–H and O–H groups in total. The Kier molecular flexibility index (Phi) is 9.37. The number of halogens is 2. The first-order valence-electron chi connectivity index (χ1n) is 8.75. The molecule has 0 saturated carbocycles. The molecule has 0 radical (unpaired) electrons. The summed E-state index contributed by atoms with van der Waals surface area (Å²) in [7, 11) is 1.45. The predicted molar refractivity (Wildman–Crippen MR) is 113 cm³/mol. The number of ether oxygens (including phenoxy) is 1. The number of hydrogen-bond acceptors (Lipinski definition) is 8. The van der Waals surface area contributed by atoms with Crippen LogP contribution in [0.3, 0.4) is 0 Å². The van der Waals surface area contributed by atoms with E-state index in [-0.39, 0.29) is 11.7 Å². The fraction of sp³-hybridized carbons (Fsp3) is 0.471. The van der Waals surface area contributed by atoms with Gasteiger partial charge in [0.25, 0.3) is 5.76 Å². The molecular formula is C17H23F2N5O2S3. The van der Waals surface area contributed by atoms with E-state index in [1.165, 1.54) is 35.3 Å². The van der Waals surface area contributed by atoms with E-state index in [2.05, 4.69) is 10.2 Å². The van der Waals surface area contributed by atoms with Gasteiger partial charge in [-0.05, 0) is 31.5 Å². The molecule has 12 heteroatoms. The van der Waals surface area contributed by atoms with Gasteiger partial charge >= 0.3 is 0 Å². The molecule has 29 heavy (non-hydrogen) atoms. The fourth-order valence-electron chi connectivity index (χ4n) is 2.40. The van der Waals surface area contributed by atoms with Crippen molar-refractivity contribution in [1.29, 1.82) is 0 Å². The number of alkyl halides is 2. The van der Waals surface area contributed by atoms with Gasteiger partial charge in [0.15, 0.2) is 0 Å². The van der Waals surface area contributed by atoms with E-state index in [0.717, 1.165) is 5.56 Å². The van der Waals surface area contributed by atoms with Gasteiger partial charge < -0.3 is 15.5 Å². The van der Waals surface area contributed by atoms with Crippen LogP contribution in [0.15, 0.2) is 33.4 Å². The second-order valence-corrected chi connectivity index (χ2v) is 8.56. The minimum atomic E-state index is -2.51. The van der Waals surface area contributed by atoms with E-state index < -0.39 is 5.76 Å². The second kappa shape index (κ2) is 11.5. The number of thioether (sulfide) groups is 3. The molecule has 0 unspecified atom stereocenters. The maximum absolute atomic E-state index is 12.6. The Balaban J connectivity index is 1.97. The molecule has 0 aliphatic heterocycles. The van der Waals surface area contributed by atoms with Gasteiger partial charge in [-0.15, -0.1) is 10.2 Å². The molecule has 0 atom stereocenters. The molecule has 0 fully saturated rings. The third-order valence-electron chi connectivity index (χ3n) is 3.89. The van der Waals surface area contributed by atoms with Gasteiger partial charge in [0.05, 0.1) is 17.8 Å². The van der Waals surface area contributed by atoms with E-state index in [1.54, 1.807) is 23.1 Å². The van der Waals surface area contributed by atoms with Gasteiger partial charge in [0.2, 0.25) is 16.2 Å². The fourth-order valence-corrected chi connectivity index (χ4v) is 4.61. The van der Waals surface area contributed by atoms with Crippen molar-refractivity contribution >= 4 is 41.2 Å². The number of carbonyl (C=O) groups excluding carboxylic acids is 1. The molecule has 1 heterocycles. The molecule has 0 spiro atoms. The summed E-state index contributed by atoms with van der Waals surface area (Å²) in [6.45, 7) is 5.18. The number of hydrogen-bond donors (Lipinski definition) is 1. The van der Waals surface area contributed by atoms with E-state index in [4.69, 9.17) is 10.6 Å². The Bertz CT molecular complexity index is 818. The highest BCUT2D eigenvalue weighted by molar-refractivity contribution is 8.00. The summed E-state index contributed by atoms with van der Waals surface area (Å²) in [6.07, 6.45) is 0. The molecule has 0 bridgehead atoms. The zero-order chi connectivity index (χ0) is 21.4. The zero-order valence-electron chi connectivity index (χ0n) is 16.3. The van der Waals surface area contributed by atoms with Crippen LogP contribution in [0.2, 0.25) is 0 Å². The first-order valence-corrected chi connectivity index (χ1v) is 11.6. The summed E-state index contributed by atoms with van der Waals surface area (Å²) in [4.78, 5) is 14.2. The summed E-state index contributed by atoms with van der Waals surface area (Å²) < 4.78 is 31.7. The number of benzene rings is 1. The molecule has 0 aliphatic carbocycles. The smallest absolute Gasteiger partial charge is 0.289 e. The molecule has 7 nitrogen and oxygen atoms in total. The number of amides is 1. The molecule has 1 amide bonds. The highest BCUT2D eigenvalue weighted by Gasteiger charge is 2.16. The van der Waals surface area contributed by atoms with Crippen molar-refractivity contribution in [3.8, 4) is 5.75 Å². The van der Waals surface area contributed by atoms with Crippen molar-refractivity contribution in [2.45, 2.75) is 40.6 Å². The van der Waals surface area contributed by atoms with Crippen LogP contribution in [0, 0.1) is 0 Å². The Morgan fingerprint density at radius 2 is 1.90 bits per heavy atom. The van der Waals surface area contributed by atoms with Crippen LogP contribution < -0.4 is 10.6 Å². The number of nitrogen functional groups attached to an aromatic ring is 1. The number of carbonyl (C=O) groups is 1. The Labute approximate surface area is 181 Å². The standard InChI is InChI=1S/C17H23F2N5O2S3/c1-4-23(5-2)14(25)10-28-17-22-21-16(24(17)20)27-9-11-6-7-13(29-15(18)19)12(8-11)26-3/h6-8,15H,4-5,9-10,20H2,1-3H3. The lowest BCUT2D eigenvalue weighted by molar-refractivity contribution is -0.127. The van der Waals surface area contributed by atoms with Crippen molar-refractivity contribution in [1.82, 2.24) is 19.8 Å². The first-order chi connectivity index (χ1) is 13.9. The quantitative estimate of drug-likeness (QED) is 0.400. The van der Waals surface area contributed by atoms with Crippen LogP contribution in [0.25, 0.3) is 0 Å². The van der Waals surface area contributed by atoms with Gasteiger partial charge in [-0.1, -0.05) is 41.4 Å². The SMILES string of the molecule is CCN(CC)C(=O)CSc1nnc(SCc2ccc(SC(F)F)c(OC)c2)n1N. The normalized spacial score (nSPS) is 11.1. The van der Waals surface area contributed by atoms with Gasteiger partial charge in [-0.3, -0.25) is 4.79 Å². The Morgan fingerprint density at radius 1 is 1.24 bits per heavy atom. The number of nitrogens with zero attached hydrogens (tertiary/aromatic N) is 4. The molecule has 160 valence electrons. The summed E-state index contributed by atoms with van der Waals surface area (Å²) in [5.41, 5.74) is 0.874. The third kappa shape index (κ3) is 6.68. The highest BCUT2D eigenvalue weighted by atomic mass is 32.2. The lowest BCUT2D eigenvalue weighted by Gasteiger charge is -2.17. The largest absolute Gasteiger partial charge is 0.496 e. The van der Waals surface area contributed by atoms with Gasteiger partial charge in [-0.25, -0.2) is 4.68 Å². The van der Waals surface area contributed by atoms with Crippen LogP contribution in [0.1, 0.15) is 19.4 Å². The Morgan fingerprint density at radius 3 is 2.48 bits per heavy atom. The van der Waals surface area contributed by atoms with E-state index >= 15 is 0 Å². The molecule has 1 aromatic heterocycles. The predicted octanol–water partition coefficient (Wildman–Crippen LogP) is 3.57. The summed E-state index contributed by atoms with van der Waals surface area (Å²) in [6, 6.07) is 5.09. The molecule has 2 rings (SSSR count). The van der Waals surface area contributed by atoms with Crippen molar-refractivity contribution in [2.75, 3.05) is 31.8 Å². The van der Waals surface area contributed by atoms with Crippen LogP contribution >= 0.6 is 35.3 Å². The molecule has 2 aromatic rings. The molecule has 0 aliphatic rings. The number of rotatable bonds is 11. The van der Waals surface area contributed by atoms with E-state index in [9.17, 15) is 13.6 Å². The first kappa shape index (κ1) is 23.6. The van der Waals surface area contributed by atoms with E-state index in [1.807, 2.05) is 13.8 Å². The topological polar surface area (TPSA) is 86.3 Å². The minimum Gasteiger partial charge on any atom is -0.496 e. The number of aromatic nitrogens is 3. The minimum absolute atomic E-state index is 0.0195. The average Bonchev–Trinajstić information content (AvgIpc) is 3.05. The monoisotopic (exact) mass is 463 g/mol. The van der Waals surface area contributed by atoms with Crippen molar-refractivity contribution in [3.63, 3.8) is 0 Å². The summed E-state index contributed by atoms with van der Waals surface area (Å²) in [5.74, 6) is 4.70. The van der Waals surface area contributed by atoms with Crippen LogP contribution in [-0.2, 0) is 10.5 Å². The molecule has 1 aromatic carbocycles. The van der Waals surface area contributed by atoms with Crippen LogP contribution in [0.5, 0.6) is 5.75 Å². The van der Waals surface area contributed by atoms with Crippen molar-refractivity contribution in [2.24, 2.45) is 0 Å². The lowest BCUT2D eigenvalue weighted by atomic mass is 10.2. The summed E-state index contributed by atoms with van der Waals surface area (Å²) >= 11 is 3.04. The van der Waals surface area contributed by atoms with Crippen molar-refractivity contribution in [3.05, 3.63) is 23.8 Å². The van der Waals surface area contributed by atoms with Crippen LogP contribution in [0.4, 0.5) is 8.78 Å². The van der Waals surface area contributed by atoms with Crippen LogP contribution in [-0.4, -0.2) is 57.4 Å². The maximum Gasteiger partial charge on any atom is 0.289 e. The molecule has 0 saturated heterocycles. The van der Waals surface area contributed by atoms with Crippen molar-refractivity contribution < 1.29 is 18.3 Å². The second-order valence-electron chi connectivity index (χ2n) is 5.64. The number of methoxy groups -OCH3 is 1. The highest BCUT2D eigenvalue weighted by Crippen LogP contribution is 2.35. The third-order valence-corrected chi connectivity index (χ3v) is 6.60. The van der Waals surface area contributed by atoms with Gasteiger partial charge in [0.1, 0.15) is 5.75 Å². The molecular weight excluding hydrogens is 440 g/mol. The summed E-state index contributed by atoms with van der Waals surface area (Å²) in [5, 5.41) is 9.05. The van der Waals surface area contributed by atoms with Gasteiger partial charge in [0, 0.05) is 18.8 Å². The van der Waals surface area contributed by atoms with E-state index in [0.29, 0.717) is 51.6 Å². The lowest BCUT2D eigenvalue weighted by Crippen LogP contribution is -2.32. The average molecular weight is 464 g/mol. The van der Waals surface area contributed by atoms with Gasteiger partial charge in [-0.2, -0.15) is 8.78 Å². The zero-order valence-corrected chi connectivity index (χ0v) is 18.8. The number of nitrogens with two attached hydrogens (primary N) is 1. The maximum atomic E-state index is 12.6. The Hall–Kier alpha value is -1.66.